The maximum Gasteiger partial charge on any atom is 0.243 e. The monoisotopic (exact) mass is 510 g/mol. The molecule has 1 saturated heterocycles. The van der Waals surface area contributed by atoms with Crippen molar-refractivity contribution in [2.24, 2.45) is 0 Å². The number of nitrogens with zero attached hydrogens (tertiary/aromatic N) is 2. The van der Waals surface area contributed by atoms with Gasteiger partial charge in [0.1, 0.15) is 7.14 Å². The summed E-state index contributed by atoms with van der Waals surface area (Å²) in [6, 6.07) is 26.2. The van der Waals surface area contributed by atoms with E-state index in [0.717, 1.165) is 35.6 Å². The first kappa shape index (κ1) is 25.8. The van der Waals surface area contributed by atoms with Crippen LogP contribution in [0, 0.1) is 6.92 Å². The van der Waals surface area contributed by atoms with Crippen LogP contribution in [0.5, 0.6) is 0 Å². The van der Waals surface area contributed by atoms with Crippen LogP contribution in [0.2, 0.25) is 0 Å². The number of piperazine rings is 1. The van der Waals surface area contributed by atoms with Gasteiger partial charge in [-0.25, -0.2) is 8.42 Å². The standard InChI is InChI=1S/C28H35N2O3PS/c1-3-4-19-29-20-21-30(35(32,33)28-17-15-24(2)16-18-28)22-25(29)23-34(31,26-11-7-5-8-12-26)27-13-9-6-10-14-27/h5-18,25H,3-4,19-23H2,1-2H3. The largest absolute Gasteiger partial charge is 0.314 e. The van der Waals surface area contributed by atoms with E-state index in [2.05, 4.69) is 11.8 Å². The molecule has 4 rings (SSSR count). The average Bonchev–Trinajstić information content (AvgIpc) is 2.89. The SMILES string of the molecule is CCCCN1CCN(S(=O)(=O)c2ccc(C)cc2)CC1CP(=O)(c1ccccc1)c1ccccc1. The van der Waals surface area contributed by atoms with Gasteiger partial charge in [0.2, 0.25) is 10.0 Å². The van der Waals surface area contributed by atoms with Crippen molar-refractivity contribution in [1.29, 1.82) is 0 Å². The van der Waals surface area contributed by atoms with Gasteiger partial charge in [-0.2, -0.15) is 4.31 Å². The van der Waals surface area contributed by atoms with E-state index in [9.17, 15) is 13.0 Å². The third-order valence-electron chi connectivity index (χ3n) is 6.84. The molecular weight excluding hydrogens is 475 g/mol. The minimum absolute atomic E-state index is 0.137. The molecule has 1 unspecified atom stereocenters. The predicted molar refractivity (Wildman–Crippen MR) is 145 cm³/mol. The van der Waals surface area contributed by atoms with Crippen molar-refractivity contribution in [3.05, 3.63) is 90.5 Å². The Morgan fingerprint density at radius 3 is 1.97 bits per heavy atom. The van der Waals surface area contributed by atoms with Crippen LogP contribution in [-0.4, -0.2) is 56.0 Å². The van der Waals surface area contributed by atoms with Gasteiger partial charge >= 0.3 is 0 Å². The molecule has 186 valence electrons. The Morgan fingerprint density at radius 1 is 0.857 bits per heavy atom. The number of aryl methyl sites for hydroxylation is 1. The fourth-order valence-corrected chi connectivity index (χ4v) is 9.20. The molecule has 35 heavy (non-hydrogen) atoms. The summed E-state index contributed by atoms with van der Waals surface area (Å²) in [5.74, 6) is 0. The molecule has 0 radical (unpaired) electrons. The normalized spacial score (nSPS) is 17.9. The van der Waals surface area contributed by atoms with Gasteiger partial charge in [-0.15, -0.1) is 0 Å². The summed E-state index contributed by atoms with van der Waals surface area (Å²) < 4.78 is 43.4. The summed E-state index contributed by atoms with van der Waals surface area (Å²) >= 11 is 0. The van der Waals surface area contributed by atoms with E-state index in [1.54, 1.807) is 16.4 Å². The summed E-state index contributed by atoms with van der Waals surface area (Å²) in [5.41, 5.74) is 1.03. The molecule has 1 heterocycles. The average molecular weight is 511 g/mol. The predicted octanol–water partition coefficient (Wildman–Crippen LogP) is 4.48. The molecule has 0 bridgehead atoms. The fraction of sp³-hybridized carbons (Fsp3) is 0.357. The number of rotatable bonds is 9. The molecule has 3 aromatic rings. The van der Waals surface area contributed by atoms with Crippen molar-refractivity contribution >= 4 is 27.8 Å². The Kier molecular flexibility index (Phi) is 8.28. The molecule has 1 fully saturated rings. The van der Waals surface area contributed by atoms with Crippen molar-refractivity contribution in [1.82, 2.24) is 9.21 Å². The van der Waals surface area contributed by atoms with Crippen LogP contribution in [-0.2, 0) is 14.6 Å². The lowest BCUT2D eigenvalue weighted by molar-refractivity contribution is 0.129. The van der Waals surface area contributed by atoms with Crippen molar-refractivity contribution in [3.8, 4) is 0 Å². The van der Waals surface area contributed by atoms with Crippen LogP contribution >= 0.6 is 7.14 Å². The highest BCUT2D eigenvalue weighted by Crippen LogP contribution is 2.45. The van der Waals surface area contributed by atoms with E-state index in [4.69, 9.17) is 0 Å². The smallest absolute Gasteiger partial charge is 0.243 e. The van der Waals surface area contributed by atoms with Gasteiger partial charge in [0.15, 0.2) is 0 Å². The first-order chi connectivity index (χ1) is 16.8. The van der Waals surface area contributed by atoms with Crippen molar-refractivity contribution in [2.45, 2.75) is 37.6 Å². The molecule has 0 spiro atoms. The van der Waals surface area contributed by atoms with Crippen molar-refractivity contribution in [2.75, 3.05) is 32.3 Å². The molecule has 5 nitrogen and oxygen atoms in total. The highest BCUT2D eigenvalue weighted by molar-refractivity contribution is 7.89. The second kappa shape index (κ2) is 11.2. The zero-order valence-electron chi connectivity index (χ0n) is 20.6. The maximum absolute atomic E-state index is 14.8. The lowest BCUT2D eigenvalue weighted by Gasteiger charge is -2.42. The lowest BCUT2D eigenvalue weighted by Crippen LogP contribution is -2.56. The third-order valence-corrected chi connectivity index (χ3v) is 11.9. The summed E-state index contributed by atoms with van der Waals surface area (Å²) in [6.07, 6.45) is 2.50. The molecule has 7 heteroatoms. The number of unbranched alkanes of at least 4 members (excludes halogenated alkanes) is 1. The molecule has 3 aromatic carbocycles. The van der Waals surface area contributed by atoms with Gasteiger partial charge in [0.25, 0.3) is 0 Å². The minimum Gasteiger partial charge on any atom is -0.314 e. The van der Waals surface area contributed by atoms with E-state index in [1.165, 1.54) is 0 Å². The van der Waals surface area contributed by atoms with Gasteiger partial charge in [-0.1, -0.05) is 91.7 Å². The van der Waals surface area contributed by atoms with Gasteiger partial charge in [-0.3, -0.25) is 4.90 Å². The molecule has 0 N–H and O–H groups in total. The summed E-state index contributed by atoms with van der Waals surface area (Å²) in [6.45, 7) is 6.40. The van der Waals surface area contributed by atoms with Crippen molar-refractivity contribution < 1.29 is 13.0 Å². The Morgan fingerprint density at radius 2 is 1.43 bits per heavy atom. The first-order valence-corrected chi connectivity index (χ1v) is 15.7. The Balaban J connectivity index is 1.69. The van der Waals surface area contributed by atoms with Crippen LogP contribution in [0.15, 0.2) is 89.8 Å². The molecular formula is C28H35N2O3PS. The number of hydrogen-bond acceptors (Lipinski definition) is 4. The third kappa shape index (κ3) is 5.78. The topological polar surface area (TPSA) is 57.7 Å². The molecule has 0 aliphatic carbocycles. The molecule has 0 saturated carbocycles. The van der Waals surface area contributed by atoms with Crippen LogP contribution in [0.25, 0.3) is 0 Å². The molecule has 0 aromatic heterocycles. The van der Waals surface area contributed by atoms with E-state index >= 15 is 0 Å². The highest BCUT2D eigenvalue weighted by atomic mass is 32.2. The van der Waals surface area contributed by atoms with E-state index in [1.807, 2.05) is 79.7 Å². The second-order valence-electron chi connectivity index (χ2n) is 9.31. The minimum atomic E-state index is -3.62. The second-order valence-corrected chi connectivity index (χ2v) is 14.1. The van der Waals surface area contributed by atoms with Crippen LogP contribution in [0.1, 0.15) is 25.3 Å². The van der Waals surface area contributed by atoms with Crippen LogP contribution in [0.3, 0.4) is 0 Å². The van der Waals surface area contributed by atoms with Gasteiger partial charge in [0.05, 0.1) is 4.90 Å². The highest BCUT2D eigenvalue weighted by Gasteiger charge is 2.39. The summed E-state index contributed by atoms with van der Waals surface area (Å²) in [7, 11) is -6.61. The molecule has 0 amide bonds. The lowest BCUT2D eigenvalue weighted by atomic mass is 10.2. The van der Waals surface area contributed by atoms with Crippen LogP contribution in [0.4, 0.5) is 0 Å². The van der Waals surface area contributed by atoms with Gasteiger partial charge in [0, 0.05) is 42.4 Å². The molecule has 1 aliphatic heterocycles. The number of benzene rings is 3. The molecule has 1 aliphatic rings. The Labute approximate surface area is 210 Å². The summed E-state index contributed by atoms with van der Waals surface area (Å²) in [4.78, 5) is 2.67. The zero-order valence-corrected chi connectivity index (χ0v) is 22.3. The van der Waals surface area contributed by atoms with E-state index < -0.39 is 17.2 Å². The first-order valence-electron chi connectivity index (χ1n) is 12.4. The van der Waals surface area contributed by atoms with Crippen molar-refractivity contribution in [3.63, 3.8) is 0 Å². The Bertz CT molecular complexity index is 1200. The fourth-order valence-electron chi connectivity index (χ4n) is 4.77. The number of sulfonamides is 1. The van der Waals surface area contributed by atoms with Gasteiger partial charge in [-0.05, 0) is 32.0 Å². The van der Waals surface area contributed by atoms with E-state index in [-0.39, 0.29) is 6.04 Å². The Hall–Kier alpha value is -2.24. The summed E-state index contributed by atoms with van der Waals surface area (Å²) in [5, 5.41) is 1.64. The number of hydrogen-bond donors (Lipinski definition) is 0. The molecule has 1 atom stereocenters. The van der Waals surface area contributed by atoms with Gasteiger partial charge < -0.3 is 4.57 Å². The zero-order chi connectivity index (χ0) is 24.9. The maximum atomic E-state index is 14.8. The van der Waals surface area contributed by atoms with E-state index in [0.29, 0.717) is 30.7 Å². The quantitative estimate of drug-likeness (QED) is 0.398. The van der Waals surface area contributed by atoms with Crippen LogP contribution < -0.4 is 10.6 Å².